The van der Waals surface area contributed by atoms with E-state index >= 15 is 0 Å². The number of benzene rings is 1. The summed E-state index contributed by atoms with van der Waals surface area (Å²) >= 11 is 0. The fourth-order valence-electron chi connectivity index (χ4n) is 4.55. The van der Waals surface area contributed by atoms with E-state index in [4.69, 9.17) is 4.74 Å². The lowest BCUT2D eigenvalue weighted by molar-refractivity contribution is -0.139. The summed E-state index contributed by atoms with van der Waals surface area (Å²) in [6, 6.07) is 8.12. The van der Waals surface area contributed by atoms with E-state index in [1.807, 2.05) is 23.1 Å². The molecule has 2 aromatic rings. The number of hydrogen-bond acceptors (Lipinski definition) is 4. The number of H-pyrrole nitrogens is 1. The third-order valence-corrected chi connectivity index (χ3v) is 5.92. The average molecular weight is 340 g/mol. The molecule has 3 atom stereocenters. The third-order valence-electron chi connectivity index (χ3n) is 5.92. The Labute approximate surface area is 147 Å². The first kappa shape index (κ1) is 15.3. The van der Waals surface area contributed by atoms with Crippen molar-refractivity contribution in [1.82, 2.24) is 19.8 Å². The zero-order valence-corrected chi connectivity index (χ0v) is 14.4. The molecule has 1 amide bonds. The Morgan fingerprint density at radius 1 is 1.20 bits per heavy atom. The van der Waals surface area contributed by atoms with Crippen LogP contribution in [0.2, 0.25) is 0 Å². The Hall–Kier alpha value is -1.92. The summed E-state index contributed by atoms with van der Waals surface area (Å²) in [4.78, 5) is 25.2. The lowest BCUT2D eigenvalue weighted by Crippen LogP contribution is -2.51. The predicted molar refractivity (Wildman–Crippen MR) is 94.0 cm³/mol. The Balaban J connectivity index is 1.18. The van der Waals surface area contributed by atoms with Crippen LogP contribution < -0.4 is 0 Å². The highest BCUT2D eigenvalue weighted by Crippen LogP contribution is 2.39. The van der Waals surface area contributed by atoms with Gasteiger partial charge in [-0.05, 0) is 31.4 Å². The number of carbonyl (C=O) groups excluding carboxylic acids is 1. The number of imidazole rings is 1. The van der Waals surface area contributed by atoms with Gasteiger partial charge in [-0.3, -0.25) is 9.69 Å². The van der Waals surface area contributed by atoms with Crippen LogP contribution in [-0.2, 0) is 16.1 Å². The number of aromatic amines is 1. The van der Waals surface area contributed by atoms with Gasteiger partial charge in [-0.15, -0.1) is 0 Å². The molecule has 4 heterocycles. The van der Waals surface area contributed by atoms with Crippen molar-refractivity contribution >= 4 is 16.9 Å². The van der Waals surface area contributed by atoms with E-state index in [-0.39, 0.29) is 12.0 Å². The summed E-state index contributed by atoms with van der Waals surface area (Å²) in [5.41, 5.74) is 2.10. The van der Waals surface area contributed by atoms with Crippen LogP contribution >= 0.6 is 0 Å². The standard InChI is InChI=1S/C19H24N4O2/c24-19(14-11-13-5-6-17(14)25-13)23-9-7-22(8-10-23)12-18-20-15-3-1-2-4-16(15)21-18/h1-4,13-14,17H,5-12H2,(H,20,21)/t13-,14-,17+/m1/s1. The maximum atomic E-state index is 12.8. The van der Waals surface area contributed by atoms with E-state index in [2.05, 4.69) is 20.9 Å². The molecule has 6 nitrogen and oxygen atoms in total. The molecular formula is C19H24N4O2. The fraction of sp³-hybridized carbons (Fsp3) is 0.579. The molecule has 5 rings (SSSR count). The molecule has 0 aliphatic carbocycles. The van der Waals surface area contributed by atoms with E-state index in [0.717, 1.165) is 68.8 Å². The number of rotatable bonds is 3. The molecule has 3 saturated heterocycles. The van der Waals surface area contributed by atoms with Gasteiger partial charge in [-0.2, -0.15) is 0 Å². The Morgan fingerprint density at radius 3 is 2.76 bits per heavy atom. The average Bonchev–Trinajstić information content (AvgIpc) is 3.36. The van der Waals surface area contributed by atoms with Crippen LogP contribution in [0.5, 0.6) is 0 Å². The normalized spacial score (nSPS) is 29.6. The molecule has 1 aromatic carbocycles. The summed E-state index contributed by atoms with van der Waals surface area (Å²) in [6.07, 6.45) is 3.66. The topological polar surface area (TPSA) is 61.5 Å². The predicted octanol–water partition coefficient (Wildman–Crippen LogP) is 1.77. The van der Waals surface area contributed by atoms with Gasteiger partial charge in [0.05, 0.1) is 35.7 Å². The number of hydrogen-bond donors (Lipinski definition) is 1. The molecule has 0 spiro atoms. The van der Waals surface area contributed by atoms with Gasteiger partial charge in [0.1, 0.15) is 5.82 Å². The van der Waals surface area contributed by atoms with Crippen LogP contribution in [0.3, 0.4) is 0 Å². The molecule has 3 fully saturated rings. The molecule has 1 N–H and O–H groups in total. The zero-order chi connectivity index (χ0) is 16.8. The van der Waals surface area contributed by atoms with Gasteiger partial charge in [0, 0.05) is 26.2 Å². The SMILES string of the molecule is O=C([C@@H]1C[C@H]2CC[C@@H]1O2)N1CCN(Cc2nc3ccccc3[nH]2)CC1. The minimum Gasteiger partial charge on any atom is -0.374 e. The summed E-state index contributed by atoms with van der Waals surface area (Å²) < 4.78 is 5.86. The second-order valence-corrected chi connectivity index (χ2v) is 7.52. The molecule has 1 aromatic heterocycles. The highest BCUT2D eigenvalue weighted by atomic mass is 16.5. The molecule has 0 radical (unpaired) electrons. The number of nitrogens with one attached hydrogen (secondary N) is 1. The summed E-state index contributed by atoms with van der Waals surface area (Å²) in [7, 11) is 0. The second kappa shape index (κ2) is 6.11. The molecule has 2 bridgehead atoms. The van der Waals surface area contributed by atoms with E-state index in [9.17, 15) is 4.79 Å². The molecule has 6 heteroatoms. The number of nitrogens with zero attached hydrogens (tertiary/aromatic N) is 3. The zero-order valence-electron chi connectivity index (χ0n) is 14.4. The number of carbonyl (C=O) groups is 1. The minimum absolute atomic E-state index is 0.112. The lowest BCUT2D eigenvalue weighted by Gasteiger charge is -2.36. The van der Waals surface area contributed by atoms with Gasteiger partial charge in [0.2, 0.25) is 5.91 Å². The van der Waals surface area contributed by atoms with Gasteiger partial charge < -0.3 is 14.6 Å². The van der Waals surface area contributed by atoms with E-state index in [1.165, 1.54) is 0 Å². The van der Waals surface area contributed by atoms with Gasteiger partial charge in [0.25, 0.3) is 0 Å². The number of para-hydroxylation sites is 2. The van der Waals surface area contributed by atoms with Crippen molar-refractivity contribution in [2.75, 3.05) is 26.2 Å². The molecule has 132 valence electrons. The summed E-state index contributed by atoms with van der Waals surface area (Å²) in [5.74, 6) is 1.43. The van der Waals surface area contributed by atoms with Crippen LogP contribution in [0.15, 0.2) is 24.3 Å². The number of amides is 1. The summed E-state index contributed by atoms with van der Waals surface area (Å²) in [5, 5.41) is 0. The lowest BCUT2D eigenvalue weighted by atomic mass is 9.88. The second-order valence-electron chi connectivity index (χ2n) is 7.52. The van der Waals surface area contributed by atoms with Crippen molar-refractivity contribution < 1.29 is 9.53 Å². The van der Waals surface area contributed by atoms with Crippen molar-refractivity contribution in [2.24, 2.45) is 5.92 Å². The fourth-order valence-corrected chi connectivity index (χ4v) is 4.55. The van der Waals surface area contributed by atoms with Crippen molar-refractivity contribution in [3.05, 3.63) is 30.1 Å². The molecule has 25 heavy (non-hydrogen) atoms. The van der Waals surface area contributed by atoms with Gasteiger partial charge in [0.15, 0.2) is 0 Å². The first-order valence-corrected chi connectivity index (χ1v) is 9.36. The maximum Gasteiger partial charge on any atom is 0.228 e. The van der Waals surface area contributed by atoms with E-state index < -0.39 is 0 Å². The largest absolute Gasteiger partial charge is 0.374 e. The number of piperazine rings is 1. The minimum atomic E-state index is 0.112. The monoisotopic (exact) mass is 340 g/mol. The first-order chi connectivity index (χ1) is 12.3. The van der Waals surface area contributed by atoms with Crippen LogP contribution in [0.25, 0.3) is 11.0 Å². The van der Waals surface area contributed by atoms with Crippen LogP contribution in [0.1, 0.15) is 25.1 Å². The first-order valence-electron chi connectivity index (χ1n) is 9.36. The molecular weight excluding hydrogens is 316 g/mol. The maximum absolute atomic E-state index is 12.8. The molecule has 0 unspecified atom stereocenters. The van der Waals surface area contributed by atoms with E-state index in [1.54, 1.807) is 0 Å². The smallest absolute Gasteiger partial charge is 0.228 e. The van der Waals surface area contributed by atoms with Crippen LogP contribution in [0.4, 0.5) is 0 Å². The van der Waals surface area contributed by atoms with E-state index in [0.29, 0.717) is 12.0 Å². The molecule has 3 aliphatic rings. The van der Waals surface area contributed by atoms with Crippen molar-refractivity contribution in [3.8, 4) is 0 Å². The number of fused-ring (bicyclic) bond motifs is 3. The highest BCUT2D eigenvalue weighted by Gasteiger charge is 2.45. The Kier molecular flexibility index (Phi) is 3.75. The third kappa shape index (κ3) is 2.83. The quantitative estimate of drug-likeness (QED) is 0.925. The molecule has 0 saturated carbocycles. The van der Waals surface area contributed by atoms with Gasteiger partial charge in [-0.25, -0.2) is 4.98 Å². The number of aromatic nitrogens is 2. The van der Waals surface area contributed by atoms with Gasteiger partial charge >= 0.3 is 0 Å². The van der Waals surface area contributed by atoms with Gasteiger partial charge in [-0.1, -0.05) is 12.1 Å². The summed E-state index contributed by atoms with van der Waals surface area (Å²) in [6.45, 7) is 4.25. The van der Waals surface area contributed by atoms with Crippen LogP contribution in [-0.4, -0.2) is 64.1 Å². The van der Waals surface area contributed by atoms with Crippen LogP contribution in [0, 0.1) is 5.92 Å². The number of ether oxygens (including phenoxy) is 1. The molecule has 3 aliphatic heterocycles. The van der Waals surface area contributed by atoms with Crippen molar-refractivity contribution in [2.45, 2.75) is 38.0 Å². The highest BCUT2D eigenvalue weighted by molar-refractivity contribution is 5.80. The van der Waals surface area contributed by atoms with Crippen molar-refractivity contribution in [1.29, 1.82) is 0 Å². The van der Waals surface area contributed by atoms with Crippen molar-refractivity contribution in [3.63, 3.8) is 0 Å². The Bertz CT molecular complexity index is 748. The Morgan fingerprint density at radius 2 is 2.04 bits per heavy atom.